The minimum atomic E-state index is -0.237. The molecule has 21 heavy (non-hydrogen) atoms. The van der Waals surface area contributed by atoms with E-state index in [1.165, 1.54) is 0 Å². The molecule has 1 unspecified atom stereocenters. The predicted molar refractivity (Wildman–Crippen MR) is 83.1 cm³/mol. The van der Waals surface area contributed by atoms with Gasteiger partial charge in [0.2, 0.25) is 5.91 Å². The van der Waals surface area contributed by atoms with Crippen molar-refractivity contribution < 1.29 is 9.53 Å². The van der Waals surface area contributed by atoms with Gasteiger partial charge in [-0.25, -0.2) is 4.98 Å². The van der Waals surface area contributed by atoms with Crippen LogP contribution in [0.4, 0.5) is 11.5 Å². The Morgan fingerprint density at radius 2 is 2.29 bits per heavy atom. The average molecular weight is 292 g/mol. The lowest BCUT2D eigenvalue weighted by Crippen LogP contribution is -2.34. The molecule has 1 aromatic rings. The summed E-state index contributed by atoms with van der Waals surface area (Å²) in [6.07, 6.45) is 5.19. The van der Waals surface area contributed by atoms with Crippen molar-refractivity contribution in [2.24, 2.45) is 0 Å². The van der Waals surface area contributed by atoms with Crippen LogP contribution in [0.5, 0.6) is 0 Å². The summed E-state index contributed by atoms with van der Waals surface area (Å²) in [5, 5.41) is 6.14. The van der Waals surface area contributed by atoms with Gasteiger partial charge in [0, 0.05) is 25.9 Å². The van der Waals surface area contributed by atoms with Crippen LogP contribution < -0.4 is 16.4 Å². The van der Waals surface area contributed by atoms with Gasteiger partial charge >= 0.3 is 0 Å². The molecule has 1 saturated heterocycles. The van der Waals surface area contributed by atoms with Gasteiger partial charge in [-0.05, 0) is 44.2 Å². The molecular weight excluding hydrogens is 268 g/mol. The molecule has 2 rings (SSSR count). The number of hydrogen-bond acceptors (Lipinski definition) is 5. The normalized spacial score (nSPS) is 17.7. The standard InChI is InChI=1S/C15H24N4O2/c1-11-6-9-18-14(13(11)16)17-7-2-3-8-19-15(20)12-5-4-10-21-12/h6,9,12H,2-5,7-8,10,16H2,1H3,(H,17,18)(H,19,20). The molecule has 1 aliphatic rings. The Morgan fingerprint density at radius 1 is 1.48 bits per heavy atom. The number of rotatable bonds is 7. The van der Waals surface area contributed by atoms with Crippen molar-refractivity contribution in [2.45, 2.75) is 38.7 Å². The molecule has 1 fully saturated rings. The molecule has 2 heterocycles. The minimum absolute atomic E-state index is 0.0186. The minimum Gasteiger partial charge on any atom is -0.396 e. The summed E-state index contributed by atoms with van der Waals surface area (Å²) >= 11 is 0. The zero-order chi connectivity index (χ0) is 15.1. The molecule has 116 valence electrons. The van der Waals surface area contributed by atoms with Gasteiger partial charge in [0.05, 0.1) is 5.69 Å². The van der Waals surface area contributed by atoms with Crippen molar-refractivity contribution in [1.82, 2.24) is 10.3 Å². The maximum Gasteiger partial charge on any atom is 0.249 e. The van der Waals surface area contributed by atoms with E-state index in [0.29, 0.717) is 18.8 Å². The highest BCUT2D eigenvalue weighted by molar-refractivity contribution is 5.80. The summed E-state index contributed by atoms with van der Waals surface area (Å²) in [6, 6.07) is 1.89. The monoisotopic (exact) mass is 292 g/mol. The number of ether oxygens (including phenoxy) is 1. The Labute approximate surface area is 125 Å². The van der Waals surface area contributed by atoms with Crippen LogP contribution in [0.3, 0.4) is 0 Å². The number of hydrogen-bond donors (Lipinski definition) is 3. The number of amides is 1. The van der Waals surface area contributed by atoms with Gasteiger partial charge in [-0.2, -0.15) is 0 Å². The van der Waals surface area contributed by atoms with Crippen molar-refractivity contribution in [1.29, 1.82) is 0 Å². The van der Waals surface area contributed by atoms with E-state index in [0.717, 1.165) is 43.6 Å². The van der Waals surface area contributed by atoms with Gasteiger partial charge in [-0.1, -0.05) is 0 Å². The number of pyridine rings is 1. The second kappa shape index (κ2) is 7.83. The summed E-state index contributed by atoms with van der Waals surface area (Å²) in [7, 11) is 0. The first-order chi connectivity index (χ1) is 10.2. The highest BCUT2D eigenvalue weighted by Gasteiger charge is 2.22. The van der Waals surface area contributed by atoms with Crippen molar-refractivity contribution in [3.63, 3.8) is 0 Å². The molecule has 0 aliphatic carbocycles. The number of nitrogen functional groups attached to an aromatic ring is 1. The highest BCUT2D eigenvalue weighted by Crippen LogP contribution is 2.18. The Morgan fingerprint density at radius 3 is 3.05 bits per heavy atom. The van der Waals surface area contributed by atoms with E-state index in [9.17, 15) is 4.79 Å². The van der Waals surface area contributed by atoms with Gasteiger partial charge < -0.3 is 21.1 Å². The molecular formula is C15H24N4O2. The van der Waals surface area contributed by atoms with E-state index in [2.05, 4.69) is 15.6 Å². The van der Waals surface area contributed by atoms with Crippen LogP contribution in [0.25, 0.3) is 0 Å². The van der Waals surface area contributed by atoms with Crippen LogP contribution in [0.15, 0.2) is 12.3 Å². The predicted octanol–water partition coefficient (Wildman–Crippen LogP) is 1.46. The van der Waals surface area contributed by atoms with Gasteiger partial charge in [0.25, 0.3) is 0 Å². The van der Waals surface area contributed by atoms with Crippen LogP contribution in [-0.2, 0) is 9.53 Å². The molecule has 0 bridgehead atoms. The Balaban J connectivity index is 1.57. The Kier molecular flexibility index (Phi) is 5.80. The lowest BCUT2D eigenvalue weighted by molar-refractivity contribution is -0.130. The van der Waals surface area contributed by atoms with E-state index in [4.69, 9.17) is 10.5 Å². The number of aromatic nitrogens is 1. The molecule has 1 atom stereocenters. The first kappa shape index (κ1) is 15.6. The largest absolute Gasteiger partial charge is 0.396 e. The third kappa shape index (κ3) is 4.60. The molecule has 0 saturated carbocycles. The number of aryl methyl sites for hydroxylation is 1. The van der Waals surface area contributed by atoms with E-state index in [-0.39, 0.29) is 12.0 Å². The zero-order valence-corrected chi connectivity index (χ0v) is 12.5. The van der Waals surface area contributed by atoms with Gasteiger partial charge in [0.1, 0.15) is 11.9 Å². The number of anilines is 2. The first-order valence-corrected chi connectivity index (χ1v) is 7.53. The molecule has 1 aromatic heterocycles. The summed E-state index contributed by atoms with van der Waals surface area (Å²) in [4.78, 5) is 15.9. The highest BCUT2D eigenvalue weighted by atomic mass is 16.5. The molecule has 0 spiro atoms. The van der Waals surface area contributed by atoms with Crippen molar-refractivity contribution in [3.8, 4) is 0 Å². The summed E-state index contributed by atoms with van der Waals surface area (Å²) in [6.45, 7) is 4.13. The molecule has 0 radical (unpaired) electrons. The molecule has 1 aliphatic heterocycles. The molecule has 0 aromatic carbocycles. The maximum atomic E-state index is 11.7. The number of unbranched alkanes of at least 4 members (excludes halogenated alkanes) is 1. The number of carbonyl (C=O) groups is 1. The third-order valence-electron chi connectivity index (χ3n) is 3.63. The molecule has 1 amide bonds. The number of nitrogens with one attached hydrogen (secondary N) is 2. The molecule has 4 N–H and O–H groups in total. The van der Waals surface area contributed by atoms with Crippen LogP contribution in [0, 0.1) is 6.92 Å². The topological polar surface area (TPSA) is 89.3 Å². The molecule has 6 nitrogen and oxygen atoms in total. The number of nitrogens with zero attached hydrogens (tertiary/aromatic N) is 1. The van der Waals surface area contributed by atoms with Gasteiger partial charge in [-0.15, -0.1) is 0 Å². The Bertz CT molecular complexity index is 473. The van der Waals surface area contributed by atoms with Crippen molar-refractivity contribution in [3.05, 3.63) is 17.8 Å². The van der Waals surface area contributed by atoms with E-state index < -0.39 is 0 Å². The first-order valence-electron chi connectivity index (χ1n) is 7.53. The summed E-state index contributed by atoms with van der Waals surface area (Å²) < 4.78 is 5.33. The van der Waals surface area contributed by atoms with Crippen LogP contribution >= 0.6 is 0 Å². The maximum absolute atomic E-state index is 11.7. The zero-order valence-electron chi connectivity index (χ0n) is 12.5. The molecule has 6 heteroatoms. The van der Waals surface area contributed by atoms with E-state index >= 15 is 0 Å². The lowest BCUT2D eigenvalue weighted by atomic mass is 10.2. The second-order valence-corrected chi connectivity index (χ2v) is 5.32. The third-order valence-corrected chi connectivity index (χ3v) is 3.63. The van der Waals surface area contributed by atoms with Crippen LogP contribution in [0.1, 0.15) is 31.2 Å². The Hall–Kier alpha value is -1.82. The number of nitrogens with two attached hydrogens (primary N) is 1. The van der Waals surface area contributed by atoms with Crippen LogP contribution in [-0.4, -0.2) is 36.7 Å². The van der Waals surface area contributed by atoms with Crippen molar-refractivity contribution >= 4 is 17.4 Å². The van der Waals surface area contributed by atoms with E-state index in [1.54, 1.807) is 6.20 Å². The fraction of sp³-hybridized carbons (Fsp3) is 0.600. The smallest absolute Gasteiger partial charge is 0.249 e. The SMILES string of the molecule is Cc1ccnc(NCCCCNC(=O)C2CCCO2)c1N. The quantitative estimate of drug-likeness (QED) is 0.662. The second-order valence-electron chi connectivity index (χ2n) is 5.32. The summed E-state index contributed by atoms with van der Waals surface area (Å²) in [5.41, 5.74) is 7.66. The fourth-order valence-corrected chi connectivity index (χ4v) is 2.28. The van der Waals surface area contributed by atoms with Gasteiger partial charge in [-0.3, -0.25) is 4.79 Å². The van der Waals surface area contributed by atoms with E-state index in [1.807, 2.05) is 13.0 Å². The number of carbonyl (C=O) groups excluding carboxylic acids is 1. The summed E-state index contributed by atoms with van der Waals surface area (Å²) in [5.74, 6) is 0.753. The van der Waals surface area contributed by atoms with Crippen molar-refractivity contribution in [2.75, 3.05) is 30.7 Å². The van der Waals surface area contributed by atoms with Gasteiger partial charge in [0.15, 0.2) is 0 Å². The average Bonchev–Trinajstić information content (AvgIpc) is 3.01. The van der Waals surface area contributed by atoms with Crippen LogP contribution in [0.2, 0.25) is 0 Å². The lowest BCUT2D eigenvalue weighted by Gasteiger charge is -2.11. The fourth-order valence-electron chi connectivity index (χ4n) is 2.28.